The summed E-state index contributed by atoms with van der Waals surface area (Å²) in [6.07, 6.45) is 0.966. The summed E-state index contributed by atoms with van der Waals surface area (Å²) in [5.74, 6) is -0.0221. The molecule has 2 aromatic carbocycles. The molecule has 0 bridgehead atoms. The fourth-order valence-electron chi connectivity index (χ4n) is 3.35. The Balaban J connectivity index is 1.88. The van der Waals surface area contributed by atoms with Crippen LogP contribution in [0.3, 0.4) is 0 Å². The number of benzene rings is 2. The van der Waals surface area contributed by atoms with Gasteiger partial charge < -0.3 is 5.73 Å². The number of carbonyl (C=O) groups excluding carboxylic acids is 2. The summed E-state index contributed by atoms with van der Waals surface area (Å²) >= 11 is 0. The van der Waals surface area contributed by atoms with Crippen molar-refractivity contribution in [1.29, 1.82) is 0 Å². The molecular weight excluding hydrogens is 352 g/mol. The number of amides is 2. The number of anilines is 2. The van der Waals surface area contributed by atoms with Crippen LogP contribution in [0.5, 0.6) is 0 Å². The van der Waals surface area contributed by atoms with Crippen molar-refractivity contribution in [3.8, 4) is 11.4 Å². The Morgan fingerprint density at radius 3 is 2.36 bits per heavy atom. The first-order valence-electron chi connectivity index (χ1n) is 9.17. The van der Waals surface area contributed by atoms with Crippen molar-refractivity contribution in [1.82, 2.24) is 9.97 Å². The number of hydrogen-bond acceptors (Lipinski definition) is 4. The number of aromatic nitrogens is 2. The van der Waals surface area contributed by atoms with E-state index in [1.807, 2.05) is 55.5 Å². The second-order valence-corrected chi connectivity index (χ2v) is 6.85. The molecule has 0 saturated carbocycles. The summed E-state index contributed by atoms with van der Waals surface area (Å²) in [4.78, 5) is 35.3. The van der Waals surface area contributed by atoms with Gasteiger partial charge in [-0.25, -0.2) is 9.97 Å². The number of rotatable bonds is 4. The van der Waals surface area contributed by atoms with Crippen LogP contribution in [0.25, 0.3) is 11.4 Å². The van der Waals surface area contributed by atoms with Gasteiger partial charge in [-0.3, -0.25) is 14.5 Å². The number of primary amides is 1. The second-order valence-electron chi connectivity index (χ2n) is 6.85. The minimum Gasteiger partial charge on any atom is -0.364 e. The molecule has 1 aromatic heterocycles. The van der Waals surface area contributed by atoms with E-state index < -0.39 is 5.91 Å². The molecule has 4 rings (SSSR count). The van der Waals surface area contributed by atoms with Crippen LogP contribution in [0.4, 0.5) is 11.5 Å². The number of nitrogens with zero attached hydrogens (tertiary/aromatic N) is 3. The van der Waals surface area contributed by atoms with Crippen LogP contribution in [-0.4, -0.2) is 21.8 Å². The molecule has 0 radical (unpaired) electrons. The molecule has 0 fully saturated rings. The Bertz CT molecular complexity index is 1070. The summed E-state index contributed by atoms with van der Waals surface area (Å²) in [5, 5.41) is 0. The summed E-state index contributed by atoms with van der Waals surface area (Å²) in [5.41, 5.74) is 9.90. The standard InChI is InChI=1S/C22H20N4O2/c1-3-14-6-10-16(11-7-14)26-18(27)12-17-19(20(23)28)24-21(25-22(17)26)15-8-4-13(2)5-9-15/h4-11H,3,12H2,1-2H3,(H2,23,28). The van der Waals surface area contributed by atoms with Crippen molar-refractivity contribution in [2.75, 3.05) is 4.90 Å². The van der Waals surface area contributed by atoms with Crippen molar-refractivity contribution in [3.05, 3.63) is 70.9 Å². The van der Waals surface area contributed by atoms with E-state index >= 15 is 0 Å². The number of hydrogen-bond donors (Lipinski definition) is 1. The molecule has 6 heteroatoms. The highest BCUT2D eigenvalue weighted by molar-refractivity contribution is 6.09. The first kappa shape index (κ1) is 17.9. The lowest BCUT2D eigenvalue weighted by Gasteiger charge is -2.18. The molecule has 0 aliphatic carbocycles. The van der Waals surface area contributed by atoms with E-state index in [1.54, 1.807) is 4.90 Å². The number of fused-ring (bicyclic) bond motifs is 1. The Labute approximate surface area is 163 Å². The maximum absolute atomic E-state index is 12.8. The molecule has 1 aliphatic heterocycles. The van der Waals surface area contributed by atoms with Crippen LogP contribution < -0.4 is 10.6 Å². The van der Waals surface area contributed by atoms with Crippen molar-refractivity contribution in [3.63, 3.8) is 0 Å². The smallest absolute Gasteiger partial charge is 0.267 e. The normalized spacial score (nSPS) is 12.9. The predicted molar refractivity (Wildman–Crippen MR) is 107 cm³/mol. The highest BCUT2D eigenvalue weighted by atomic mass is 16.2. The van der Waals surface area contributed by atoms with Gasteiger partial charge in [-0.15, -0.1) is 0 Å². The maximum Gasteiger partial charge on any atom is 0.267 e. The Kier molecular flexibility index (Phi) is 4.39. The van der Waals surface area contributed by atoms with Crippen LogP contribution in [0.1, 0.15) is 34.1 Å². The number of nitrogens with two attached hydrogens (primary N) is 1. The maximum atomic E-state index is 12.8. The first-order chi connectivity index (χ1) is 13.5. The van der Waals surface area contributed by atoms with Gasteiger partial charge >= 0.3 is 0 Å². The van der Waals surface area contributed by atoms with Gasteiger partial charge in [0.25, 0.3) is 5.91 Å². The van der Waals surface area contributed by atoms with Gasteiger partial charge in [0.2, 0.25) is 5.91 Å². The van der Waals surface area contributed by atoms with Gasteiger partial charge in [0.15, 0.2) is 5.82 Å². The number of aryl methyl sites for hydroxylation is 2. The van der Waals surface area contributed by atoms with Crippen molar-refractivity contribution >= 4 is 23.3 Å². The van der Waals surface area contributed by atoms with Gasteiger partial charge in [-0.05, 0) is 31.0 Å². The molecule has 2 heterocycles. The van der Waals surface area contributed by atoms with Crippen LogP contribution >= 0.6 is 0 Å². The van der Waals surface area contributed by atoms with Crippen molar-refractivity contribution in [2.24, 2.45) is 5.73 Å². The summed E-state index contributed by atoms with van der Waals surface area (Å²) in [6, 6.07) is 15.4. The van der Waals surface area contributed by atoms with Gasteiger partial charge in [-0.1, -0.05) is 48.9 Å². The molecule has 140 valence electrons. The predicted octanol–water partition coefficient (Wildman–Crippen LogP) is 3.33. The quantitative estimate of drug-likeness (QED) is 0.761. The minimum absolute atomic E-state index is 0.0529. The zero-order chi connectivity index (χ0) is 19.8. The molecule has 3 aromatic rings. The fraction of sp³-hybridized carbons (Fsp3) is 0.182. The van der Waals surface area contributed by atoms with Crippen molar-refractivity contribution < 1.29 is 9.59 Å². The molecule has 0 unspecified atom stereocenters. The number of carbonyl (C=O) groups is 2. The average Bonchev–Trinajstić information content (AvgIpc) is 3.03. The summed E-state index contributed by atoms with van der Waals surface area (Å²) < 4.78 is 0. The molecular formula is C22H20N4O2. The van der Waals surface area contributed by atoms with Crippen LogP contribution in [0.2, 0.25) is 0 Å². The topological polar surface area (TPSA) is 89.2 Å². The van der Waals surface area contributed by atoms with Gasteiger partial charge in [0, 0.05) is 11.1 Å². The summed E-state index contributed by atoms with van der Waals surface area (Å²) in [6.45, 7) is 4.06. The van der Waals surface area contributed by atoms with Crippen LogP contribution in [0.15, 0.2) is 48.5 Å². The highest BCUT2D eigenvalue weighted by Gasteiger charge is 2.35. The average molecular weight is 372 g/mol. The molecule has 28 heavy (non-hydrogen) atoms. The van der Waals surface area contributed by atoms with E-state index in [9.17, 15) is 9.59 Å². The zero-order valence-corrected chi connectivity index (χ0v) is 15.8. The Morgan fingerprint density at radius 2 is 1.75 bits per heavy atom. The van der Waals surface area contributed by atoms with E-state index in [-0.39, 0.29) is 18.0 Å². The third-order valence-corrected chi connectivity index (χ3v) is 4.92. The minimum atomic E-state index is -0.664. The van der Waals surface area contributed by atoms with E-state index in [4.69, 9.17) is 5.73 Å². The third-order valence-electron chi connectivity index (χ3n) is 4.92. The Hall–Kier alpha value is -3.54. The molecule has 1 aliphatic rings. The third kappa shape index (κ3) is 3.03. The second kappa shape index (κ2) is 6.88. The highest BCUT2D eigenvalue weighted by Crippen LogP contribution is 2.36. The van der Waals surface area contributed by atoms with Crippen LogP contribution in [-0.2, 0) is 17.6 Å². The van der Waals surface area contributed by atoms with E-state index in [1.165, 1.54) is 5.56 Å². The van der Waals surface area contributed by atoms with Crippen molar-refractivity contribution in [2.45, 2.75) is 26.7 Å². The molecule has 2 N–H and O–H groups in total. The van der Waals surface area contributed by atoms with Gasteiger partial charge in [0.1, 0.15) is 11.5 Å². The lowest BCUT2D eigenvalue weighted by atomic mass is 10.1. The molecule has 6 nitrogen and oxygen atoms in total. The lowest BCUT2D eigenvalue weighted by molar-refractivity contribution is -0.116. The fourth-order valence-corrected chi connectivity index (χ4v) is 3.35. The largest absolute Gasteiger partial charge is 0.364 e. The van der Waals surface area contributed by atoms with Gasteiger partial charge in [-0.2, -0.15) is 0 Å². The first-order valence-corrected chi connectivity index (χ1v) is 9.17. The van der Waals surface area contributed by atoms with Crippen LogP contribution in [0, 0.1) is 6.92 Å². The van der Waals surface area contributed by atoms with E-state index in [0.717, 1.165) is 17.5 Å². The molecule has 0 atom stereocenters. The molecule has 0 saturated heterocycles. The summed E-state index contributed by atoms with van der Waals surface area (Å²) in [7, 11) is 0. The van der Waals surface area contributed by atoms with Gasteiger partial charge in [0.05, 0.1) is 12.1 Å². The van der Waals surface area contributed by atoms with E-state index in [2.05, 4.69) is 16.9 Å². The molecule has 2 amide bonds. The monoisotopic (exact) mass is 372 g/mol. The molecule has 0 spiro atoms. The Morgan fingerprint density at radius 1 is 1.07 bits per heavy atom. The SMILES string of the molecule is CCc1ccc(N2C(=O)Cc3c(C(N)=O)nc(-c4ccc(C)cc4)nc32)cc1. The zero-order valence-electron chi connectivity index (χ0n) is 15.8. The van der Waals surface area contributed by atoms with E-state index in [0.29, 0.717) is 22.9 Å². The lowest BCUT2D eigenvalue weighted by Crippen LogP contribution is -2.21.